The minimum absolute atomic E-state index is 0.154. The summed E-state index contributed by atoms with van der Waals surface area (Å²) in [4.78, 5) is 30.0. The molecule has 0 unspecified atom stereocenters. The number of anilines is 1. The van der Waals surface area contributed by atoms with Crippen molar-refractivity contribution in [2.45, 2.75) is 6.42 Å². The van der Waals surface area contributed by atoms with Crippen LogP contribution in [0, 0.1) is 0 Å². The first-order valence-corrected chi connectivity index (χ1v) is 10.9. The molecule has 146 valence electrons. The quantitative estimate of drug-likeness (QED) is 0.422. The molecule has 0 saturated heterocycles. The first-order chi connectivity index (χ1) is 14.7. The zero-order chi connectivity index (χ0) is 20.3. The van der Waals surface area contributed by atoms with Gasteiger partial charge < -0.3 is 5.32 Å². The van der Waals surface area contributed by atoms with Crippen LogP contribution in [-0.2, 0) is 11.2 Å². The molecule has 0 radical (unpaired) electrons. The standard InChI is InChI=1S/C22H15N5OS2/c28-20(10-16-13-29-21(25-16)14-4-3-9-23-11-14)27-19-8-7-15(12-24-19)22-26-17-5-1-2-6-18(17)30-22/h1-9,11-13H,10H2,(H,24,27,28). The van der Waals surface area contributed by atoms with Crippen LogP contribution in [0.15, 0.2) is 72.5 Å². The van der Waals surface area contributed by atoms with Gasteiger partial charge in [-0.25, -0.2) is 15.0 Å². The van der Waals surface area contributed by atoms with Crippen molar-refractivity contribution in [2.24, 2.45) is 0 Å². The van der Waals surface area contributed by atoms with Gasteiger partial charge in [0.1, 0.15) is 15.8 Å². The summed E-state index contributed by atoms with van der Waals surface area (Å²) in [6.07, 6.45) is 5.41. The van der Waals surface area contributed by atoms with Crippen molar-refractivity contribution in [3.05, 3.63) is 78.2 Å². The number of amides is 1. The van der Waals surface area contributed by atoms with Gasteiger partial charge in [0.2, 0.25) is 5.91 Å². The minimum atomic E-state index is -0.154. The monoisotopic (exact) mass is 429 g/mol. The number of pyridine rings is 2. The third-order valence-electron chi connectivity index (χ3n) is 4.37. The van der Waals surface area contributed by atoms with Crippen molar-refractivity contribution in [1.82, 2.24) is 19.9 Å². The third-order valence-corrected chi connectivity index (χ3v) is 6.40. The van der Waals surface area contributed by atoms with Crippen LogP contribution in [0.2, 0.25) is 0 Å². The van der Waals surface area contributed by atoms with E-state index in [0.29, 0.717) is 5.82 Å². The molecule has 0 aliphatic carbocycles. The lowest BCUT2D eigenvalue weighted by atomic mass is 10.2. The molecule has 1 amide bonds. The number of benzene rings is 1. The molecule has 0 atom stereocenters. The molecule has 0 spiro atoms. The van der Waals surface area contributed by atoms with Crippen LogP contribution < -0.4 is 5.32 Å². The van der Waals surface area contributed by atoms with Gasteiger partial charge >= 0.3 is 0 Å². The Morgan fingerprint density at radius 3 is 2.63 bits per heavy atom. The van der Waals surface area contributed by atoms with Crippen molar-refractivity contribution in [3.8, 4) is 21.1 Å². The Labute approximate surface area is 180 Å². The van der Waals surface area contributed by atoms with Gasteiger partial charge in [-0.1, -0.05) is 12.1 Å². The number of para-hydroxylation sites is 1. The summed E-state index contributed by atoms with van der Waals surface area (Å²) in [5, 5.41) is 6.48. The number of rotatable bonds is 5. The molecule has 5 aromatic rings. The maximum absolute atomic E-state index is 12.4. The topological polar surface area (TPSA) is 80.7 Å². The summed E-state index contributed by atoms with van der Waals surface area (Å²) in [6.45, 7) is 0. The van der Waals surface area contributed by atoms with Crippen LogP contribution in [0.3, 0.4) is 0 Å². The maximum Gasteiger partial charge on any atom is 0.231 e. The fraction of sp³-hybridized carbons (Fsp3) is 0.0455. The predicted molar refractivity (Wildman–Crippen MR) is 121 cm³/mol. The average molecular weight is 430 g/mol. The highest BCUT2D eigenvalue weighted by Crippen LogP contribution is 2.30. The van der Waals surface area contributed by atoms with E-state index in [9.17, 15) is 4.79 Å². The largest absolute Gasteiger partial charge is 0.310 e. The highest BCUT2D eigenvalue weighted by Gasteiger charge is 2.11. The number of carbonyl (C=O) groups is 1. The van der Waals surface area contributed by atoms with E-state index < -0.39 is 0 Å². The lowest BCUT2D eigenvalue weighted by Crippen LogP contribution is -2.15. The SMILES string of the molecule is O=C(Cc1csc(-c2cccnc2)n1)Nc1ccc(-c2nc3ccccc3s2)cn1. The van der Waals surface area contributed by atoms with Gasteiger partial charge in [-0.15, -0.1) is 22.7 Å². The van der Waals surface area contributed by atoms with Gasteiger partial charge in [-0.05, 0) is 36.4 Å². The van der Waals surface area contributed by atoms with E-state index in [1.54, 1.807) is 36.0 Å². The molecular formula is C22H15N5OS2. The van der Waals surface area contributed by atoms with Gasteiger partial charge in [0.25, 0.3) is 0 Å². The van der Waals surface area contributed by atoms with Gasteiger partial charge in [-0.2, -0.15) is 0 Å². The second-order valence-corrected chi connectivity index (χ2v) is 8.42. The van der Waals surface area contributed by atoms with Crippen molar-refractivity contribution < 1.29 is 4.79 Å². The minimum Gasteiger partial charge on any atom is -0.310 e. The molecular weight excluding hydrogens is 414 g/mol. The van der Waals surface area contributed by atoms with Crippen molar-refractivity contribution in [3.63, 3.8) is 0 Å². The Morgan fingerprint density at radius 2 is 1.83 bits per heavy atom. The highest BCUT2D eigenvalue weighted by molar-refractivity contribution is 7.21. The van der Waals surface area contributed by atoms with Crippen molar-refractivity contribution in [2.75, 3.05) is 5.32 Å². The fourth-order valence-electron chi connectivity index (χ4n) is 2.95. The molecule has 1 aromatic carbocycles. The number of carbonyl (C=O) groups excluding carboxylic acids is 1. The van der Waals surface area contributed by atoms with E-state index in [0.717, 1.165) is 37.1 Å². The van der Waals surface area contributed by atoms with Gasteiger partial charge in [-0.3, -0.25) is 9.78 Å². The van der Waals surface area contributed by atoms with Gasteiger partial charge in [0, 0.05) is 35.1 Å². The summed E-state index contributed by atoms with van der Waals surface area (Å²) in [5.74, 6) is 0.353. The van der Waals surface area contributed by atoms with E-state index in [2.05, 4.69) is 31.3 Å². The van der Waals surface area contributed by atoms with E-state index in [1.165, 1.54) is 11.3 Å². The summed E-state index contributed by atoms with van der Waals surface area (Å²) in [7, 11) is 0. The van der Waals surface area contributed by atoms with Crippen LogP contribution in [0.5, 0.6) is 0 Å². The second-order valence-electron chi connectivity index (χ2n) is 6.53. The zero-order valence-electron chi connectivity index (χ0n) is 15.6. The Bertz CT molecular complexity index is 1280. The van der Waals surface area contributed by atoms with Crippen LogP contribution in [0.25, 0.3) is 31.4 Å². The second kappa shape index (κ2) is 8.10. The number of aromatic nitrogens is 4. The number of thiazole rings is 2. The Balaban J connectivity index is 1.25. The van der Waals surface area contributed by atoms with Crippen LogP contribution >= 0.6 is 22.7 Å². The first-order valence-electron chi connectivity index (χ1n) is 9.21. The molecule has 1 N–H and O–H groups in total. The molecule has 0 aliphatic rings. The molecule has 0 fully saturated rings. The summed E-state index contributed by atoms with van der Waals surface area (Å²) in [5.41, 5.74) is 3.57. The Kier molecular flexibility index (Phi) is 5.00. The molecule has 6 nitrogen and oxygen atoms in total. The molecule has 0 aliphatic heterocycles. The van der Waals surface area contributed by atoms with Gasteiger partial charge in [0.15, 0.2) is 0 Å². The Hall–Kier alpha value is -3.49. The van der Waals surface area contributed by atoms with E-state index in [4.69, 9.17) is 0 Å². The molecule has 5 rings (SSSR count). The maximum atomic E-state index is 12.4. The van der Waals surface area contributed by atoms with E-state index in [1.807, 2.05) is 41.8 Å². The summed E-state index contributed by atoms with van der Waals surface area (Å²) >= 11 is 3.12. The highest BCUT2D eigenvalue weighted by atomic mass is 32.1. The molecule has 0 saturated carbocycles. The first kappa shape index (κ1) is 18.5. The Morgan fingerprint density at radius 1 is 0.933 bits per heavy atom. The van der Waals surface area contributed by atoms with E-state index in [-0.39, 0.29) is 12.3 Å². The van der Waals surface area contributed by atoms with Crippen LogP contribution in [0.1, 0.15) is 5.69 Å². The van der Waals surface area contributed by atoms with Crippen molar-refractivity contribution >= 4 is 44.6 Å². The smallest absolute Gasteiger partial charge is 0.231 e. The average Bonchev–Trinajstić information content (AvgIpc) is 3.42. The zero-order valence-corrected chi connectivity index (χ0v) is 17.3. The fourth-order valence-corrected chi connectivity index (χ4v) is 4.72. The van der Waals surface area contributed by atoms with Crippen LogP contribution in [0.4, 0.5) is 5.82 Å². The third kappa shape index (κ3) is 3.96. The molecule has 4 aromatic heterocycles. The number of nitrogens with zero attached hydrogens (tertiary/aromatic N) is 4. The number of fused-ring (bicyclic) bond motifs is 1. The number of hydrogen-bond donors (Lipinski definition) is 1. The van der Waals surface area contributed by atoms with Gasteiger partial charge in [0.05, 0.1) is 22.3 Å². The normalized spacial score (nSPS) is 10.9. The molecule has 8 heteroatoms. The lowest BCUT2D eigenvalue weighted by Gasteiger charge is -2.04. The molecule has 0 bridgehead atoms. The number of nitrogens with one attached hydrogen (secondary N) is 1. The van der Waals surface area contributed by atoms with Crippen molar-refractivity contribution in [1.29, 1.82) is 0 Å². The predicted octanol–water partition coefficient (Wildman–Crippen LogP) is 5.06. The molecule has 30 heavy (non-hydrogen) atoms. The number of hydrogen-bond acceptors (Lipinski definition) is 7. The molecule has 4 heterocycles. The van der Waals surface area contributed by atoms with E-state index >= 15 is 0 Å². The summed E-state index contributed by atoms with van der Waals surface area (Å²) in [6, 6.07) is 15.6. The summed E-state index contributed by atoms with van der Waals surface area (Å²) < 4.78 is 1.14. The van der Waals surface area contributed by atoms with Crippen LogP contribution in [-0.4, -0.2) is 25.8 Å². The lowest BCUT2D eigenvalue weighted by molar-refractivity contribution is -0.115.